The van der Waals surface area contributed by atoms with Gasteiger partial charge in [0.1, 0.15) is 0 Å². The van der Waals surface area contributed by atoms with Gasteiger partial charge in [0.2, 0.25) is 5.95 Å². The zero-order valence-electron chi connectivity index (χ0n) is 9.13. The summed E-state index contributed by atoms with van der Waals surface area (Å²) in [5.41, 5.74) is 1.53. The maximum atomic E-state index is 8.94. The van der Waals surface area contributed by atoms with Crippen LogP contribution in [0.1, 0.15) is 32.0 Å². The molecule has 1 aromatic rings. The highest BCUT2D eigenvalue weighted by molar-refractivity contribution is 5.31. The Labute approximate surface area is 84.4 Å². The maximum Gasteiger partial charge on any atom is 0.223 e. The molecule has 0 radical (unpaired) electrons. The monoisotopic (exact) mass is 195 g/mol. The molecule has 0 atom stereocenters. The lowest BCUT2D eigenvalue weighted by atomic mass is 10.1. The lowest BCUT2D eigenvalue weighted by Crippen LogP contribution is -2.27. The number of aryl methyl sites for hydroxylation is 1. The summed E-state index contributed by atoms with van der Waals surface area (Å²) in [6, 6.07) is 0. The lowest BCUT2D eigenvalue weighted by molar-refractivity contribution is 0.280. The molecule has 0 spiro atoms. The second-order valence-corrected chi connectivity index (χ2v) is 4.34. The van der Waals surface area contributed by atoms with Gasteiger partial charge in [-0.2, -0.15) is 0 Å². The van der Waals surface area contributed by atoms with Crippen molar-refractivity contribution in [1.29, 1.82) is 0 Å². The maximum absolute atomic E-state index is 8.94. The van der Waals surface area contributed by atoms with Crippen LogP contribution < -0.4 is 5.32 Å². The smallest absolute Gasteiger partial charge is 0.223 e. The van der Waals surface area contributed by atoms with Crippen LogP contribution in [0.25, 0.3) is 0 Å². The molecule has 4 heteroatoms. The molecule has 0 bridgehead atoms. The summed E-state index contributed by atoms with van der Waals surface area (Å²) in [7, 11) is 0. The zero-order valence-corrected chi connectivity index (χ0v) is 9.13. The minimum absolute atomic E-state index is 0.0123. The van der Waals surface area contributed by atoms with Crippen LogP contribution in [0.3, 0.4) is 0 Å². The molecule has 1 heterocycles. The fraction of sp³-hybridized carbons (Fsp3) is 0.600. The van der Waals surface area contributed by atoms with Gasteiger partial charge in [-0.15, -0.1) is 0 Å². The van der Waals surface area contributed by atoms with Crippen LogP contribution in [-0.2, 0) is 6.61 Å². The Morgan fingerprint density at radius 1 is 1.43 bits per heavy atom. The predicted molar refractivity (Wildman–Crippen MR) is 56.1 cm³/mol. The third kappa shape index (κ3) is 2.96. The van der Waals surface area contributed by atoms with Crippen LogP contribution >= 0.6 is 0 Å². The topological polar surface area (TPSA) is 58.0 Å². The Morgan fingerprint density at radius 2 is 2.07 bits per heavy atom. The molecule has 14 heavy (non-hydrogen) atoms. The number of aromatic nitrogens is 2. The molecular formula is C10H17N3O. The third-order valence-corrected chi connectivity index (χ3v) is 1.74. The Morgan fingerprint density at radius 3 is 2.50 bits per heavy atom. The molecule has 0 fully saturated rings. The second-order valence-electron chi connectivity index (χ2n) is 4.34. The molecule has 0 amide bonds. The van der Waals surface area contributed by atoms with E-state index in [0.717, 1.165) is 11.3 Å². The van der Waals surface area contributed by atoms with Crippen LogP contribution in [-0.4, -0.2) is 20.6 Å². The van der Waals surface area contributed by atoms with Crippen molar-refractivity contribution >= 4 is 5.95 Å². The van der Waals surface area contributed by atoms with E-state index in [-0.39, 0.29) is 12.1 Å². The van der Waals surface area contributed by atoms with Crippen LogP contribution in [0.5, 0.6) is 0 Å². The van der Waals surface area contributed by atoms with Gasteiger partial charge in [-0.3, -0.25) is 0 Å². The van der Waals surface area contributed by atoms with Crippen molar-refractivity contribution in [3.05, 3.63) is 17.5 Å². The molecule has 0 aliphatic carbocycles. The zero-order chi connectivity index (χ0) is 10.8. The van der Waals surface area contributed by atoms with Crippen molar-refractivity contribution in [2.45, 2.75) is 39.8 Å². The molecule has 2 N–H and O–H groups in total. The minimum Gasteiger partial charge on any atom is -0.392 e. The molecule has 0 aliphatic heterocycles. The molecule has 0 saturated heterocycles. The van der Waals surface area contributed by atoms with E-state index in [2.05, 4.69) is 15.3 Å². The van der Waals surface area contributed by atoms with Crippen LogP contribution in [0.4, 0.5) is 5.95 Å². The van der Waals surface area contributed by atoms with Crippen LogP contribution in [0.2, 0.25) is 0 Å². The number of rotatable bonds is 2. The van der Waals surface area contributed by atoms with Crippen LogP contribution in [0.15, 0.2) is 6.20 Å². The summed E-state index contributed by atoms with van der Waals surface area (Å²) < 4.78 is 0. The molecule has 1 rings (SSSR count). The second kappa shape index (κ2) is 3.92. The molecule has 0 aromatic carbocycles. The number of hydrogen-bond donors (Lipinski definition) is 2. The fourth-order valence-electron chi connectivity index (χ4n) is 1.04. The van der Waals surface area contributed by atoms with Crippen molar-refractivity contribution in [3.63, 3.8) is 0 Å². The van der Waals surface area contributed by atoms with Gasteiger partial charge in [0.05, 0.1) is 6.61 Å². The number of anilines is 1. The summed E-state index contributed by atoms with van der Waals surface area (Å²) in [6.45, 7) is 7.99. The molecule has 4 nitrogen and oxygen atoms in total. The lowest BCUT2D eigenvalue weighted by Gasteiger charge is -2.20. The van der Waals surface area contributed by atoms with E-state index in [4.69, 9.17) is 5.11 Å². The number of aliphatic hydroxyl groups excluding tert-OH is 1. The van der Waals surface area contributed by atoms with Crippen molar-refractivity contribution in [3.8, 4) is 0 Å². The van der Waals surface area contributed by atoms with Gasteiger partial charge in [-0.05, 0) is 27.7 Å². The first-order valence-corrected chi connectivity index (χ1v) is 4.64. The van der Waals surface area contributed by atoms with E-state index < -0.39 is 0 Å². The van der Waals surface area contributed by atoms with Crippen molar-refractivity contribution < 1.29 is 5.11 Å². The Kier molecular flexibility index (Phi) is 3.06. The first kappa shape index (κ1) is 10.9. The molecule has 0 unspecified atom stereocenters. The normalized spacial score (nSPS) is 11.5. The minimum atomic E-state index is -0.0484. The van der Waals surface area contributed by atoms with E-state index in [1.165, 1.54) is 0 Å². The Balaban J connectivity index is 2.87. The Hall–Kier alpha value is -1.16. The van der Waals surface area contributed by atoms with E-state index in [0.29, 0.717) is 5.95 Å². The first-order valence-electron chi connectivity index (χ1n) is 4.64. The van der Waals surface area contributed by atoms with Gasteiger partial charge in [0, 0.05) is 23.0 Å². The average molecular weight is 195 g/mol. The van der Waals surface area contributed by atoms with Gasteiger partial charge in [0.15, 0.2) is 0 Å². The van der Waals surface area contributed by atoms with Crippen molar-refractivity contribution in [2.24, 2.45) is 0 Å². The summed E-state index contributed by atoms with van der Waals surface area (Å²) in [4.78, 5) is 8.36. The molecular weight excluding hydrogens is 178 g/mol. The Bertz CT molecular complexity index is 318. The summed E-state index contributed by atoms with van der Waals surface area (Å²) in [6.07, 6.45) is 1.65. The number of nitrogens with one attached hydrogen (secondary N) is 1. The molecule has 78 valence electrons. The van der Waals surface area contributed by atoms with Gasteiger partial charge >= 0.3 is 0 Å². The van der Waals surface area contributed by atoms with E-state index in [1.807, 2.05) is 27.7 Å². The molecule has 1 aromatic heterocycles. The van der Waals surface area contributed by atoms with E-state index in [1.54, 1.807) is 6.20 Å². The van der Waals surface area contributed by atoms with Gasteiger partial charge in [0.25, 0.3) is 0 Å². The highest BCUT2D eigenvalue weighted by atomic mass is 16.3. The fourth-order valence-corrected chi connectivity index (χ4v) is 1.04. The average Bonchev–Trinajstić information content (AvgIpc) is 2.01. The number of nitrogens with zero attached hydrogens (tertiary/aromatic N) is 2. The van der Waals surface area contributed by atoms with Crippen molar-refractivity contribution in [1.82, 2.24) is 9.97 Å². The largest absolute Gasteiger partial charge is 0.392 e. The van der Waals surface area contributed by atoms with E-state index in [9.17, 15) is 0 Å². The van der Waals surface area contributed by atoms with E-state index >= 15 is 0 Å². The molecule has 0 aliphatic rings. The standard InChI is InChI=1S/C10H17N3O/c1-7-8(6-14)5-11-9(12-7)13-10(2,3)4/h5,14H,6H2,1-4H3,(H,11,12,13). The quantitative estimate of drug-likeness (QED) is 0.750. The predicted octanol–water partition coefficient (Wildman–Crippen LogP) is 1.49. The highest BCUT2D eigenvalue weighted by Gasteiger charge is 2.11. The third-order valence-electron chi connectivity index (χ3n) is 1.74. The first-order chi connectivity index (χ1) is 6.42. The SMILES string of the molecule is Cc1nc(NC(C)(C)C)ncc1CO. The summed E-state index contributed by atoms with van der Waals surface area (Å²) in [5, 5.41) is 12.1. The molecule has 0 saturated carbocycles. The summed E-state index contributed by atoms with van der Waals surface area (Å²) >= 11 is 0. The van der Waals surface area contributed by atoms with Crippen LogP contribution in [0, 0.1) is 6.92 Å². The number of aliphatic hydroxyl groups is 1. The van der Waals surface area contributed by atoms with Gasteiger partial charge in [-0.25, -0.2) is 9.97 Å². The number of hydrogen-bond acceptors (Lipinski definition) is 4. The van der Waals surface area contributed by atoms with Gasteiger partial charge < -0.3 is 10.4 Å². The highest BCUT2D eigenvalue weighted by Crippen LogP contribution is 2.11. The summed E-state index contributed by atoms with van der Waals surface area (Å²) in [5.74, 6) is 0.604. The van der Waals surface area contributed by atoms with Gasteiger partial charge in [-0.1, -0.05) is 0 Å². The van der Waals surface area contributed by atoms with Crippen molar-refractivity contribution in [2.75, 3.05) is 5.32 Å².